The second kappa shape index (κ2) is 9.78. The van der Waals surface area contributed by atoms with Crippen molar-refractivity contribution in [1.82, 2.24) is 10.6 Å². The van der Waals surface area contributed by atoms with Crippen LogP contribution < -0.4 is 10.6 Å². The lowest BCUT2D eigenvalue weighted by atomic mass is 9.74. The molecule has 0 unspecified atom stereocenters. The van der Waals surface area contributed by atoms with Crippen molar-refractivity contribution >= 4 is 15.8 Å². The molecule has 1 heterocycles. The van der Waals surface area contributed by atoms with Gasteiger partial charge in [0.2, 0.25) is 0 Å². The van der Waals surface area contributed by atoms with Crippen molar-refractivity contribution in [3.8, 4) is 0 Å². The van der Waals surface area contributed by atoms with Crippen molar-refractivity contribution < 1.29 is 17.5 Å². The maximum absolute atomic E-state index is 13.4. The smallest absolute Gasteiger partial charge is 0.191 e. The Balaban J connectivity index is 1.66. The molecule has 2 N–H and O–H groups in total. The molecule has 2 aromatic rings. The normalized spacial score (nSPS) is 16.7. The number of rotatable bonds is 6. The molecule has 0 aromatic heterocycles. The summed E-state index contributed by atoms with van der Waals surface area (Å²) in [4.78, 5) is 4.66. The summed E-state index contributed by atoms with van der Waals surface area (Å²) in [6, 6.07) is 12.0. The average molecular weight is 448 g/mol. The third-order valence-corrected chi connectivity index (χ3v) is 7.08. The van der Waals surface area contributed by atoms with Gasteiger partial charge in [0.05, 0.1) is 4.90 Å². The van der Waals surface area contributed by atoms with Crippen molar-refractivity contribution in [2.75, 3.05) is 33.1 Å². The zero-order valence-corrected chi connectivity index (χ0v) is 19.1. The molecular formula is C23H30FN3O3S. The number of nitrogens with zero attached hydrogens (tertiary/aromatic N) is 1. The van der Waals surface area contributed by atoms with E-state index in [1.807, 2.05) is 24.3 Å². The van der Waals surface area contributed by atoms with Gasteiger partial charge in [0.1, 0.15) is 5.82 Å². The summed E-state index contributed by atoms with van der Waals surface area (Å²) in [6.45, 7) is 4.28. The second-order valence-electron chi connectivity index (χ2n) is 8.05. The number of benzene rings is 2. The van der Waals surface area contributed by atoms with E-state index in [0.29, 0.717) is 37.2 Å². The number of hydrogen-bond donors (Lipinski definition) is 2. The van der Waals surface area contributed by atoms with Crippen LogP contribution in [0, 0.1) is 12.7 Å². The van der Waals surface area contributed by atoms with Crippen molar-refractivity contribution in [3.63, 3.8) is 0 Å². The van der Waals surface area contributed by atoms with Gasteiger partial charge in [0.15, 0.2) is 15.8 Å². The maximum Gasteiger partial charge on any atom is 0.191 e. The molecular weight excluding hydrogens is 417 g/mol. The van der Waals surface area contributed by atoms with Crippen molar-refractivity contribution in [3.05, 3.63) is 65.0 Å². The van der Waals surface area contributed by atoms with Crippen LogP contribution in [0.25, 0.3) is 0 Å². The number of aryl methyl sites for hydroxylation is 1. The zero-order chi connectivity index (χ0) is 22.5. The van der Waals surface area contributed by atoms with Crippen LogP contribution in [0.2, 0.25) is 0 Å². The van der Waals surface area contributed by atoms with Crippen LogP contribution >= 0.6 is 0 Å². The van der Waals surface area contributed by atoms with Gasteiger partial charge in [-0.25, -0.2) is 12.8 Å². The minimum absolute atomic E-state index is 0.155. The van der Waals surface area contributed by atoms with Crippen LogP contribution in [0.5, 0.6) is 0 Å². The van der Waals surface area contributed by atoms with E-state index >= 15 is 0 Å². The summed E-state index contributed by atoms with van der Waals surface area (Å²) in [5.74, 6) is 0.409. The van der Waals surface area contributed by atoms with Crippen molar-refractivity contribution in [2.45, 2.75) is 36.6 Å². The Morgan fingerprint density at radius 3 is 2.39 bits per heavy atom. The van der Waals surface area contributed by atoms with Crippen molar-refractivity contribution in [2.24, 2.45) is 4.99 Å². The predicted octanol–water partition coefficient (Wildman–Crippen LogP) is 2.95. The molecule has 0 amide bonds. The van der Waals surface area contributed by atoms with E-state index in [4.69, 9.17) is 4.74 Å². The molecule has 2 aromatic carbocycles. The molecule has 31 heavy (non-hydrogen) atoms. The predicted molar refractivity (Wildman–Crippen MR) is 121 cm³/mol. The number of hydrogen-bond acceptors (Lipinski definition) is 4. The fraction of sp³-hybridized carbons (Fsp3) is 0.435. The van der Waals surface area contributed by atoms with Crippen LogP contribution in [-0.4, -0.2) is 47.4 Å². The van der Waals surface area contributed by atoms with Crippen molar-refractivity contribution in [1.29, 1.82) is 0 Å². The first kappa shape index (κ1) is 23.2. The molecule has 0 radical (unpaired) electrons. The highest BCUT2D eigenvalue weighted by Crippen LogP contribution is 2.34. The largest absolute Gasteiger partial charge is 0.381 e. The third kappa shape index (κ3) is 5.83. The molecule has 1 aliphatic heterocycles. The second-order valence-corrected chi connectivity index (χ2v) is 10.0. The molecule has 1 fully saturated rings. The molecule has 168 valence electrons. The number of aliphatic imine (C=N–C) groups is 1. The van der Waals surface area contributed by atoms with Gasteiger partial charge in [0, 0.05) is 45.0 Å². The Bertz CT molecular complexity index is 1030. The first-order valence-electron chi connectivity index (χ1n) is 10.3. The SMILES string of the molecule is CN=C(NCc1ccc(S(C)(=O)=O)c(C)c1)NCC1(c2ccc(F)cc2)CCOCC1. The molecule has 6 nitrogen and oxygen atoms in total. The molecule has 0 atom stereocenters. The fourth-order valence-electron chi connectivity index (χ4n) is 4.03. The Hall–Kier alpha value is -2.45. The van der Waals surface area contributed by atoms with Crippen LogP contribution in [0.1, 0.15) is 29.5 Å². The molecule has 0 saturated carbocycles. The Morgan fingerprint density at radius 1 is 1.13 bits per heavy atom. The fourth-order valence-corrected chi connectivity index (χ4v) is 4.99. The number of sulfone groups is 1. The van der Waals surface area contributed by atoms with E-state index in [-0.39, 0.29) is 11.2 Å². The molecule has 0 bridgehead atoms. The lowest BCUT2D eigenvalue weighted by Gasteiger charge is -2.38. The standard InChI is InChI=1S/C23H30FN3O3S/c1-17-14-18(4-9-21(17)31(3,28)29)15-26-22(25-2)27-16-23(10-12-30-13-11-23)19-5-7-20(24)8-6-19/h4-9,14H,10-13,15-16H2,1-3H3,(H2,25,26,27). The molecule has 1 saturated heterocycles. The highest BCUT2D eigenvalue weighted by atomic mass is 32.2. The lowest BCUT2D eigenvalue weighted by molar-refractivity contribution is 0.0513. The zero-order valence-electron chi connectivity index (χ0n) is 18.2. The number of ether oxygens (including phenoxy) is 1. The number of nitrogens with one attached hydrogen (secondary N) is 2. The summed E-state index contributed by atoms with van der Waals surface area (Å²) in [5.41, 5.74) is 2.62. The van der Waals surface area contributed by atoms with E-state index < -0.39 is 9.84 Å². The molecule has 3 rings (SSSR count). The minimum atomic E-state index is -3.23. The van der Waals surface area contributed by atoms with E-state index in [2.05, 4.69) is 15.6 Å². The molecule has 0 aliphatic carbocycles. The summed E-state index contributed by atoms with van der Waals surface area (Å²) in [6.07, 6.45) is 2.90. The highest BCUT2D eigenvalue weighted by molar-refractivity contribution is 7.90. The Kier molecular flexibility index (Phi) is 7.33. The first-order chi connectivity index (χ1) is 14.7. The molecule has 1 aliphatic rings. The summed E-state index contributed by atoms with van der Waals surface area (Å²) in [5, 5.41) is 6.69. The third-order valence-electron chi connectivity index (χ3n) is 5.82. The maximum atomic E-state index is 13.4. The van der Waals surface area contributed by atoms with Gasteiger partial charge in [-0.05, 0) is 54.7 Å². The van der Waals surface area contributed by atoms with E-state index in [9.17, 15) is 12.8 Å². The van der Waals surface area contributed by atoms with Gasteiger partial charge in [-0.3, -0.25) is 4.99 Å². The monoisotopic (exact) mass is 447 g/mol. The van der Waals surface area contributed by atoms with Gasteiger partial charge >= 0.3 is 0 Å². The van der Waals surface area contributed by atoms with Crippen LogP contribution in [-0.2, 0) is 26.5 Å². The number of guanidine groups is 1. The quantitative estimate of drug-likeness (QED) is 0.526. The Morgan fingerprint density at radius 2 is 1.81 bits per heavy atom. The highest BCUT2D eigenvalue weighted by Gasteiger charge is 2.34. The molecule has 0 spiro atoms. The first-order valence-corrected chi connectivity index (χ1v) is 12.2. The van der Waals surface area contributed by atoms with Gasteiger partial charge in [-0.15, -0.1) is 0 Å². The topological polar surface area (TPSA) is 79.8 Å². The van der Waals surface area contributed by atoms with Gasteiger partial charge in [0.25, 0.3) is 0 Å². The summed E-state index contributed by atoms with van der Waals surface area (Å²) < 4.78 is 42.6. The average Bonchev–Trinajstić information content (AvgIpc) is 2.74. The van der Waals surface area contributed by atoms with Gasteiger partial charge in [-0.1, -0.05) is 24.3 Å². The van der Waals surface area contributed by atoms with Gasteiger partial charge in [-0.2, -0.15) is 0 Å². The van der Waals surface area contributed by atoms with E-state index in [0.717, 1.165) is 29.5 Å². The van der Waals surface area contributed by atoms with Crippen LogP contribution in [0.15, 0.2) is 52.4 Å². The summed E-state index contributed by atoms with van der Waals surface area (Å²) >= 11 is 0. The van der Waals surface area contributed by atoms with E-state index in [1.165, 1.54) is 18.4 Å². The van der Waals surface area contributed by atoms with E-state index in [1.54, 1.807) is 20.0 Å². The lowest BCUT2D eigenvalue weighted by Crippen LogP contribution is -2.47. The molecule has 8 heteroatoms. The van der Waals surface area contributed by atoms with Crippen LogP contribution in [0.3, 0.4) is 0 Å². The Labute approximate surface area is 183 Å². The van der Waals surface area contributed by atoms with Crippen LogP contribution in [0.4, 0.5) is 4.39 Å². The number of halogens is 1. The minimum Gasteiger partial charge on any atom is -0.381 e. The van der Waals surface area contributed by atoms with Gasteiger partial charge < -0.3 is 15.4 Å². The summed E-state index contributed by atoms with van der Waals surface area (Å²) in [7, 11) is -1.52.